The summed E-state index contributed by atoms with van der Waals surface area (Å²) < 4.78 is 4.80. The number of nitrogens with zero attached hydrogens (tertiary/aromatic N) is 3. The summed E-state index contributed by atoms with van der Waals surface area (Å²) in [7, 11) is 1.78. The van der Waals surface area contributed by atoms with Crippen LogP contribution >= 0.6 is 0 Å². The molecule has 0 spiro atoms. The number of hydrogen-bond acceptors (Lipinski definition) is 4. The van der Waals surface area contributed by atoms with Crippen molar-refractivity contribution in [1.82, 2.24) is 20.7 Å². The van der Waals surface area contributed by atoms with Crippen LogP contribution in [0.25, 0.3) is 0 Å². The number of hydrogen-bond donors (Lipinski definition) is 2. The molecule has 0 amide bonds. The monoisotopic (exact) mass is 293 g/mol. The molecule has 21 heavy (non-hydrogen) atoms. The van der Waals surface area contributed by atoms with Crippen molar-refractivity contribution < 1.29 is 4.52 Å². The van der Waals surface area contributed by atoms with Crippen LogP contribution in [0, 0.1) is 5.92 Å². The summed E-state index contributed by atoms with van der Waals surface area (Å²) in [6.45, 7) is 7.58. The van der Waals surface area contributed by atoms with Crippen LogP contribution < -0.4 is 10.6 Å². The minimum Gasteiger partial charge on any atom is -0.364 e. The fourth-order valence-electron chi connectivity index (χ4n) is 2.52. The molecule has 0 saturated carbocycles. The highest BCUT2D eigenvalue weighted by Crippen LogP contribution is 2.15. The zero-order valence-corrected chi connectivity index (χ0v) is 13.1. The number of piperidine rings is 1. The smallest absolute Gasteiger partial charge is 0.191 e. The van der Waals surface area contributed by atoms with Gasteiger partial charge in [0.1, 0.15) is 12.0 Å². The van der Waals surface area contributed by atoms with Gasteiger partial charge in [0.05, 0.1) is 6.54 Å². The number of likely N-dealkylation sites (tertiary alicyclic amines) is 1. The second kappa shape index (κ2) is 8.67. The first-order chi connectivity index (χ1) is 10.3. The summed E-state index contributed by atoms with van der Waals surface area (Å²) in [4.78, 5) is 6.77. The van der Waals surface area contributed by atoms with Crippen LogP contribution in [0.15, 0.2) is 21.8 Å². The third-order valence-corrected chi connectivity index (χ3v) is 3.97. The Balaban J connectivity index is 1.56. The fourth-order valence-corrected chi connectivity index (χ4v) is 2.52. The van der Waals surface area contributed by atoms with Gasteiger partial charge in [-0.2, -0.15) is 0 Å². The van der Waals surface area contributed by atoms with E-state index in [2.05, 4.69) is 32.6 Å². The van der Waals surface area contributed by atoms with Crippen molar-refractivity contribution in [3.05, 3.63) is 18.0 Å². The largest absolute Gasteiger partial charge is 0.364 e. The molecule has 2 rings (SSSR count). The van der Waals surface area contributed by atoms with E-state index in [1.807, 2.05) is 6.07 Å². The molecule has 0 aliphatic carbocycles. The van der Waals surface area contributed by atoms with Crippen LogP contribution in [-0.4, -0.2) is 49.2 Å². The number of nitrogens with one attached hydrogen (secondary N) is 2. The molecule has 1 aromatic rings. The average Bonchev–Trinajstić information content (AvgIpc) is 3.02. The minimum atomic E-state index is 0.625. The van der Waals surface area contributed by atoms with E-state index < -0.39 is 0 Å². The van der Waals surface area contributed by atoms with Crippen LogP contribution in [0.3, 0.4) is 0 Å². The highest BCUT2D eigenvalue weighted by Gasteiger charge is 2.14. The predicted molar refractivity (Wildman–Crippen MR) is 84.2 cm³/mol. The third-order valence-electron chi connectivity index (χ3n) is 3.97. The fraction of sp³-hybridized carbons (Fsp3) is 0.733. The van der Waals surface area contributed by atoms with Gasteiger partial charge in [-0.25, -0.2) is 0 Å². The van der Waals surface area contributed by atoms with Crippen LogP contribution in [0.1, 0.15) is 31.9 Å². The Hall–Kier alpha value is -1.56. The van der Waals surface area contributed by atoms with E-state index in [1.54, 1.807) is 13.3 Å². The molecule has 2 N–H and O–H groups in total. The van der Waals surface area contributed by atoms with E-state index in [0.717, 1.165) is 30.5 Å². The normalized spacial score (nSPS) is 17.9. The lowest BCUT2D eigenvalue weighted by atomic mass is 9.99. The summed E-state index contributed by atoms with van der Waals surface area (Å²) in [5.41, 5.74) is 0.875. The van der Waals surface area contributed by atoms with Crippen molar-refractivity contribution in [3.8, 4) is 0 Å². The number of rotatable bonds is 6. The number of aliphatic imine (C=N–C) groups is 1. The van der Waals surface area contributed by atoms with E-state index in [1.165, 1.54) is 32.5 Å². The molecule has 6 heteroatoms. The van der Waals surface area contributed by atoms with Crippen LogP contribution in [-0.2, 0) is 6.54 Å². The van der Waals surface area contributed by atoms with Crippen LogP contribution in [0.5, 0.6) is 0 Å². The zero-order valence-electron chi connectivity index (χ0n) is 13.1. The first-order valence-electron chi connectivity index (χ1n) is 7.84. The Labute approximate surface area is 127 Å². The number of guanidine groups is 1. The topological polar surface area (TPSA) is 65.7 Å². The third kappa shape index (κ3) is 5.75. The quantitative estimate of drug-likeness (QED) is 0.472. The van der Waals surface area contributed by atoms with Gasteiger partial charge in [-0.3, -0.25) is 4.99 Å². The molecule has 2 heterocycles. The standard InChI is InChI=1S/C15H27N5O/c1-13-4-9-20(10-5-13)8-3-7-17-15(16-2)18-12-14-6-11-21-19-14/h6,11,13H,3-5,7-10,12H2,1-2H3,(H2,16,17,18). The van der Waals surface area contributed by atoms with E-state index in [0.29, 0.717) is 6.54 Å². The highest BCUT2D eigenvalue weighted by molar-refractivity contribution is 5.79. The Morgan fingerprint density at radius 1 is 1.43 bits per heavy atom. The molecule has 1 saturated heterocycles. The molecule has 0 atom stereocenters. The van der Waals surface area contributed by atoms with Gasteiger partial charge < -0.3 is 20.1 Å². The van der Waals surface area contributed by atoms with Gasteiger partial charge in [-0.15, -0.1) is 0 Å². The van der Waals surface area contributed by atoms with Gasteiger partial charge in [-0.05, 0) is 44.8 Å². The second-order valence-corrected chi connectivity index (χ2v) is 5.72. The van der Waals surface area contributed by atoms with Crippen molar-refractivity contribution in [2.75, 3.05) is 33.2 Å². The lowest BCUT2D eigenvalue weighted by molar-refractivity contribution is 0.191. The summed E-state index contributed by atoms with van der Waals surface area (Å²) in [6, 6.07) is 1.84. The Kier molecular flexibility index (Phi) is 6.53. The molecule has 0 bridgehead atoms. The molecule has 0 aromatic carbocycles. The van der Waals surface area contributed by atoms with E-state index in [9.17, 15) is 0 Å². The van der Waals surface area contributed by atoms with Crippen LogP contribution in [0.2, 0.25) is 0 Å². The van der Waals surface area contributed by atoms with Crippen molar-refractivity contribution in [3.63, 3.8) is 0 Å². The van der Waals surface area contributed by atoms with Crippen molar-refractivity contribution in [2.45, 2.75) is 32.7 Å². The molecule has 1 aliphatic heterocycles. The second-order valence-electron chi connectivity index (χ2n) is 5.72. The maximum Gasteiger partial charge on any atom is 0.191 e. The van der Waals surface area contributed by atoms with E-state index >= 15 is 0 Å². The summed E-state index contributed by atoms with van der Waals surface area (Å²) in [6.07, 6.45) is 5.40. The van der Waals surface area contributed by atoms with Gasteiger partial charge in [0.15, 0.2) is 5.96 Å². The lowest BCUT2D eigenvalue weighted by Crippen LogP contribution is -2.39. The molecular weight excluding hydrogens is 266 g/mol. The lowest BCUT2D eigenvalue weighted by Gasteiger charge is -2.30. The molecule has 1 aliphatic rings. The van der Waals surface area contributed by atoms with E-state index in [4.69, 9.17) is 4.52 Å². The van der Waals surface area contributed by atoms with Crippen molar-refractivity contribution >= 4 is 5.96 Å². The molecule has 6 nitrogen and oxygen atoms in total. The first kappa shape index (κ1) is 15.8. The minimum absolute atomic E-state index is 0.625. The summed E-state index contributed by atoms with van der Waals surface area (Å²) >= 11 is 0. The SMILES string of the molecule is CN=C(NCCCN1CCC(C)CC1)NCc1ccon1. The molecule has 1 fully saturated rings. The number of aromatic nitrogens is 1. The highest BCUT2D eigenvalue weighted by atomic mass is 16.5. The Morgan fingerprint density at radius 3 is 2.90 bits per heavy atom. The van der Waals surface area contributed by atoms with Gasteiger partial charge in [0.2, 0.25) is 0 Å². The van der Waals surface area contributed by atoms with Crippen molar-refractivity contribution in [1.29, 1.82) is 0 Å². The molecule has 0 unspecified atom stereocenters. The van der Waals surface area contributed by atoms with Gasteiger partial charge in [-0.1, -0.05) is 12.1 Å². The summed E-state index contributed by atoms with van der Waals surface area (Å²) in [5, 5.41) is 10.4. The van der Waals surface area contributed by atoms with Gasteiger partial charge >= 0.3 is 0 Å². The maximum atomic E-state index is 4.80. The maximum absolute atomic E-state index is 4.80. The van der Waals surface area contributed by atoms with E-state index in [-0.39, 0.29) is 0 Å². The molecular formula is C15H27N5O. The summed E-state index contributed by atoms with van der Waals surface area (Å²) in [5.74, 6) is 1.71. The zero-order chi connectivity index (χ0) is 14.9. The average molecular weight is 293 g/mol. The predicted octanol–water partition coefficient (Wildman–Crippen LogP) is 1.46. The Bertz CT molecular complexity index is 410. The first-order valence-corrected chi connectivity index (χ1v) is 7.84. The van der Waals surface area contributed by atoms with Crippen molar-refractivity contribution in [2.24, 2.45) is 10.9 Å². The molecule has 0 radical (unpaired) electrons. The molecule has 118 valence electrons. The molecule has 1 aromatic heterocycles. The van der Waals surface area contributed by atoms with Gasteiger partial charge in [0.25, 0.3) is 0 Å². The Morgan fingerprint density at radius 2 is 2.24 bits per heavy atom. The van der Waals surface area contributed by atoms with Gasteiger partial charge in [0, 0.05) is 19.7 Å². The van der Waals surface area contributed by atoms with Crippen LogP contribution in [0.4, 0.5) is 0 Å².